The van der Waals surface area contributed by atoms with E-state index in [1.54, 1.807) is 48.5 Å². The molecule has 0 spiro atoms. The number of carbonyl (C=O) groups excluding carboxylic acids is 1. The highest BCUT2D eigenvalue weighted by Crippen LogP contribution is 2.23. The van der Waals surface area contributed by atoms with Crippen LogP contribution in [0.1, 0.15) is 18.1 Å². The zero-order chi connectivity index (χ0) is 17.0. The Bertz CT molecular complexity index is 809. The molecule has 2 rings (SSSR count). The minimum Gasteiger partial charge on any atom is -0.268 e. The molecule has 0 bridgehead atoms. The van der Waals surface area contributed by atoms with Gasteiger partial charge in [-0.1, -0.05) is 54.6 Å². The standard InChI is InChI=1S/C18H19NO3S/c1-14(2)18(20)19(17-11-9-15(3)10-12-17)23(21,22)13-16-7-5-4-6-8-16/h4-12H,1,13H2,2-3H3. The summed E-state index contributed by atoms with van der Waals surface area (Å²) in [6.45, 7) is 6.98. The summed E-state index contributed by atoms with van der Waals surface area (Å²) in [5.41, 5.74) is 2.10. The van der Waals surface area contributed by atoms with Gasteiger partial charge in [-0.25, -0.2) is 12.7 Å². The number of sulfonamides is 1. The van der Waals surface area contributed by atoms with Gasteiger partial charge in [-0.15, -0.1) is 0 Å². The van der Waals surface area contributed by atoms with Gasteiger partial charge in [0.25, 0.3) is 5.91 Å². The largest absolute Gasteiger partial charge is 0.268 e. The zero-order valence-electron chi connectivity index (χ0n) is 13.2. The molecule has 0 aliphatic rings. The molecule has 120 valence electrons. The van der Waals surface area contributed by atoms with Crippen LogP contribution in [0.4, 0.5) is 5.69 Å². The molecular weight excluding hydrogens is 310 g/mol. The van der Waals surface area contributed by atoms with Gasteiger partial charge in [0.05, 0.1) is 11.4 Å². The monoisotopic (exact) mass is 329 g/mol. The summed E-state index contributed by atoms with van der Waals surface area (Å²) < 4.78 is 26.4. The Morgan fingerprint density at radius 1 is 1.04 bits per heavy atom. The first-order valence-corrected chi connectivity index (χ1v) is 8.75. The predicted octanol–water partition coefficient (Wildman–Crippen LogP) is 3.43. The highest BCUT2D eigenvalue weighted by atomic mass is 32.2. The van der Waals surface area contributed by atoms with E-state index in [4.69, 9.17) is 0 Å². The predicted molar refractivity (Wildman–Crippen MR) is 92.5 cm³/mol. The normalized spacial score (nSPS) is 11.0. The molecule has 0 aliphatic heterocycles. The van der Waals surface area contributed by atoms with E-state index in [0.29, 0.717) is 11.3 Å². The number of hydrogen-bond donors (Lipinski definition) is 0. The molecule has 0 heterocycles. The molecule has 0 saturated heterocycles. The second kappa shape index (κ2) is 6.79. The summed E-state index contributed by atoms with van der Waals surface area (Å²) >= 11 is 0. The number of hydrogen-bond acceptors (Lipinski definition) is 3. The first-order chi connectivity index (χ1) is 10.8. The Labute approximate surface area is 137 Å². The van der Waals surface area contributed by atoms with Crippen molar-refractivity contribution in [3.63, 3.8) is 0 Å². The SMILES string of the molecule is C=C(C)C(=O)N(c1ccc(C)cc1)S(=O)(=O)Cc1ccccc1. The Hall–Kier alpha value is -2.40. The molecule has 0 radical (unpaired) electrons. The number of nitrogens with zero attached hydrogens (tertiary/aromatic N) is 1. The van der Waals surface area contributed by atoms with Crippen molar-refractivity contribution in [3.8, 4) is 0 Å². The second-order valence-electron chi connectivity index (χ2n) is 5.43. The summed E-state index contributed by atoms with van der Waals surface area (Å²) in [6.07, 6.45) is 0. The number of benzene rings is 2. The molecular formula is C18H19NO3S. The molecule has 5 heteroatoms. The van der Waals surface area contributed by atoms with Gasteiger partial charge >= 0.3 is 0 Å². The Kier molecular flexibility index (Phi) is 5.01. The van der Waals surface area contributed by atoms with Crippen LogP contribution in [0, 0.1) is 6.92 Å². The molecule has 0 atom stereocenters. The third-order valence-corrected chi connectivity index (χ3v) is 4.92. The van der Waals surface area contributed by atoms with E-state index >= 15 is 0 Å². The van der Waals surface area contributed by atoms with Gasteiger partial charge in [0.15, 0.2) is 0 Å². The summed E-state index contributed by atoms with van der Waals surface area (Å²) in [6, 6.07) is 15.6. The maximum Gasteiger partial charge on any atom is 0.267 e. The fraction of sp³-hybridized carbons (Fsp3) is 0.167. The van der Waals surface area contributed by atoms with E-state index in [2.05, 4.69) is 6.58 Å². The zero-order valence-corrected chi connectivity index (χ0v) is 14.0. The molecule has 0 saturated carbocycles. The van der Waals surface area contributed by atoms with Crippen molar-refractivity contribution >= 4 is 21.6 Å². The topological polar surface area (TPSA) is 54.5 Å². The van der Waals surface area contributed by atoms with Crippen molar-refractivity contribution < 1.29 is 13.2 Å². The van der Waals surface area contributed by atoms with Crippen molar-refractivity contribution in [3.05, 3.63) is 77.9 Å². The van der Waals surface area contributed by atoms with E-state index in [1.165, 1.54) is 6.92 Å². The van der Waals surface area contributed by atoms with E-state index in [-0.39, 0.29) is 11.3 Å². The van der Waals surface area contributed by atoms with Crippen LogP contribution in [0.25, 0.3) is 0 Å². The van der Waals surface area contributed by atoms with Gasteiger partial charge in [-0.05, 0) is 31.5 Å². The van der Waals surface area contributed by atoms with E-state index in [1.807, 2.05) is 13.0 Å². The number of aryl methyl sites for hydroxylation is 1. The average molecular weight is 329 g/mol. The molecule has 0 aromatic heterocycles. The maximum absolute atomic E-state index is 12.8. The third kappa shape index (κ3) is 4.07. The van der Waals surface area contributed by atoms with Crippen LogP contribution in [0.2, 0.25) is 0 Å². The number of anilines is 1. The molecule has 2 aromatic rings. The lowest BCUT2D eigenvalue weighted by Gasteiger charge is -2.23. The van der Waals surface area contributed by atoms with Gasteiger partial charge in [-0.2, -0.15) is 0 Å². The second-order valence-corrected chi connectivity index (χ2v) is 7.24. The molecule has 0 N–H and O–H groups in total. The van der Waals surface area contributed by atoms with Crippen molar-refractivity contribution in [1.82, 2.24) is 0 Å². The highest BCUT2D eigenvalue weighted by molar-refractivity contribution is 7.92. The summed E-state index contributed by atoms with van der Waals surface area (Å²) in [5.74, 6) is -0.870. The Morgan fingerprint density at radius 2 is 1.61 bits per heavy atom. The molecule has 0 fully saturated rings. The molecule has 0 aliphatic carbocycles. The van der Waals surface area contributed by atoms with Crippen molar-refractivity contribution in [2.75, 3.05) is 4.31 Å². The fourth-order valence-corrected chi connectivity index (χ4v) is 3.70. The average Bonchev–Trinajstić information content (AvgIpc) is 2.49. The first kappa shape index (κ1) is 17.0. The maximum atomic E-state index is 12.8. The third-order valence-electron chi connectivity index (χ3n) is 3.29. The molecule has 0 unspecified atom stereocenters. The van der Waals surface area contributed by atoms with E-state index < -0.39 is 15.9 Å². The van der Waals surface area contributed by atoms with E-state index in [9.17, 15) is 13.2 Å². The summed E-state index contributed by atoms with van der Waals surface area (Å²) in [7, 11) is -3.86. The smallest absolute Gasteiger partial charge is 0.267 e. The van der Waals surface area contributed by atoms with Gasteiger partial charge in [-0.3, -0.25) is 4.79 Å². The molecule has 2 aromatic carbocycles. The minimum atomic E-state index is -3.86. The highest BCUT2D eigenvalue weighted by Gasteiger charge is 2.29. The first-order valence-electron chi connectivity index (χ1n) is 7.15. The quantitative estimate of drug-likeness (QED) is 0.790. The number of rotatable bonds is 5. The lowest BCUT2D eigenvalue weighted by molar-refractivity contribution is -0.113. The van der Waals surface area contributed by atoms with Crippen LogP contribution in [-0.2, 0) is 20.6 Å². The lowest BCUT2D eigenvalue weighted by Crippen LogP contribution is -2.38. The van der Waals surface area contributed by atoms with Crippen LogP contribution in [0.15, 0.2) is 66.7 Å². The van der Waals surface area contributed by atoms with Crippen molar-refractivity contribution in [1.29, 1.82) is 0 Å². The van der Waals surface area contributed by atoms with Gasteiger partial charge in [0, 0.05) is 5.57 Å². The summed E-state index contributed by atoms with van der Waals surface area (Å²) in [4.78, 5) is 12.4. The molecule has 23 heavy (non-hydrogen) atoms. The van der Waals surface area contributed by atoms with E-state index in [0.717, 1.165) is 9.87 Å². The van der Waals surface area contributed by atoms with Crippen molar-refractivity contribution in [2.45, 2.75) is 19.6 Å². The van der Waals surface area contributed by atoms with Crippen LogP contribution in [0.5, 0.6) is 0 Å². The van der Waals surface area contributed by atoms with Crippen LogP contribution in [0.3, 0.4) is 0 Å². The van der Waals surface area contributed by atoms with Gasteiger partial charge in [0.1, 0.15) is 0 Å². The molecule has 4 nitrogen and oxygen atoms in total. The Morgan fingerprint density at radius 3 is 2.13 bits per heavy atom. The fourth-order valence-electron chi connectivity index (χ4n) is 2.11. The van der Waals surface area contributed by atoms with Crippen LogP contribution < -0.4 is 4.31 Å². The summed E-state index contributed by atoms with van der Waals surface area (Å²) in [5, 5.41) is 0. The Balaban J connectivity index is 2.46. The number of amides is 1. The number of carbonyl (C=O) groups is 1. The van der Waals surface area contributed by atoms with Crippen LogP contribution >= 0.6 is 0 Å². The lowest BCUT2D eigenvalue weighted by atomic mass is 10.2. The van der Waals surface area contributed by atoms with Gasteiger partial charge < -0.3 is 0 Å². The molecule has 1 amide bonds. The van der Waals surface area contributed by atoms with Crippen LogP contribution in [-0.4, -0.2) is 14.3 Å². The van der Waals surface area contributed by atoms with Crippen molar-refractivity contribution in [2.24, 2.45) is 0 Å². The minimum absolute atomic E-state index is 0.169. The van der Waals surface area contributed by atoms with Gasteiger partial charge in [0.2, 0.25) is 10.0 Å².